The molecule has 0 saturated heterocycles. The van der Waals surface area contributed by atoms with Crippen LogP contribution >= 0.6 is 0 Å². The lowest BCUT2D eigenvalue weighted by molar-refractivity contribution is -0.179. The van der Waals surface area contributed by atoms with Gasteiger partial charge in [-0.25, -0.2) is 0 Å². The fourth-order valence-corrected chi connectivity index (χ4v) is 3.08. The number of benzene rings is 1. The first-order valence-corrected chi connectivity index (χ1v) is 6.84. The highest BCUT2D eigenvalue weighted by molar-refractivity contribution is 5.35. The zero-order chi connectivity index (χ0) is 14.2. The fourth-order valence-electron chi connectivity index (χ4n) is 3.08. The number of rotatable bonds is 2. The van der Waals surface area contributed by atoms with Crippen LogP contribution < -0.4 is 0 Å². The number of halogens is 3. The molecule has 20 heavy (non-hydrogen) atoms. The van der Waals surface area contributed by atoms with E-state index in [0.717, 1.165) is 30.5 Å². The molecule has 1 aromatic carbocycles. The largest absolute Gasteiger partial charge is 0.412 e. The summed E-state index contributed by atoms with van der Waals surface area (Å²) in [5.74, 6) is 0. The van der Waals surface area contributed by atoms with Crippen molar-refractivity contribution in [2.45, 2.75) is 31.5 Å². The minimum absolute atomic E-state index is 0.313. The Morgan fingerprint density at radius 3 is 2.50 bits per heavy atom. The van der Waals surface area contributed by atoms with Crippen molar-refractivity contribution in [2.24, 2.45) is 0 Å². The van der Waals surface area contributed by atoms with Gasteiger partial charge in [-0.3, -0.25) is 0 Å². The third-order valence-corrected chi connectivity index (χ3v) is 3.95. The molecule has 3 rings (SSSR count). The fraction of sp³-hybridized carbons (Fsp3) is 0.375. The Balaban J connectivity index is 2.00. The topological polar surface area (TPSA) is 3.24 Å². The van der Waals surface area contributed by atoms with Gasteiger partial charge in [0.2, 0.25) is 0 Å². The predicted octanol–water partition coefficient (Wildman–Crippen LogP) is 4.60. The van der Waals surface area contributed by atoms with Crippen LogP contribution in [0.5, 0.6) is 0 Å². The number of alkyl halides is 3. The maximum atomic E-state index is 13.5. The molecular weight excluding hydrogens is 263 g/mol. The summed E-state index contributed by atoms with van der Waals surface area (Å²) in [6.07, 6.45) is 2.13. The van der Waals surface area contributed by atoms with Crippen LogP contribution in [-0.2, 0) is 0 Å². The quantitative estimate of drug-likeness (QED) is 0.764. The van der Waals surface area contributed by atoms with Crippen LogP contribution in [0.15, 0.2) is 53.8 Å². The smallest absolute Gasteiger partial charge is 0.356 e. The van der Waals surface area contributed by atoms with Crippen LogP contribution in [0.1, 0.15) is 30.9 Å². The molecule has 1 unspecified atom stereocenters. The van der Waals surface area contributed by atoms with E-state index in [0.29, 0.717) is 12.1 Å². The molecule has 1 atom stereocenters. The number of allylic oxidation sites excluding steroid dienone is 2. The van der Waals surface area contributed by atoms with Gasteiger partial charge in [-0.2, -0.15) is 13.2 Å². The summed E-state index contributed by atoms with van der Waals surface area (Å²) in [6, 6.07) is 6.64. The van der Waals surface area contributed by atoms with Crippen molar-refractivity contribution in [3.05, 3.63) is 59.3 Å². The molecule has 0 saturated carbocycles. The van der Waals surface area contributed by atoms with Gasteiger partial charge in [-0.1, -0.05) is 36.4 Å². The summed E-state index contributed by atoms with van der Waals surface area (Å²) in [7, 11) is 0. The van der Waals surface area contributed by atoms with Crippen molar-refractivity contribution in [3.63, 3.8) is 0 Å². The number of nitrogens with zero attached hydrogens (tertiary/aromatic N) is 1. The lowest BCUT2D eigenvalue weighted by Crippen LogP contribution is -2.36. The van der Waals surface area contributed by atoms with Gasteiger partial charge >= 0.3 is 6.18 Å². The summed E-state index contributed by atoms with van der Waals surface area (Å²) in [5.41, 5.74) is 2.26. The van der Waals surface area contributed by atoms with E-state index >= 15 is 0 Å². The molecule has 4 heteroatoms. The second kappa shape index (κ2) is 5.00. The highest BCUT2D eigenvalue weighted by atomic mass is 19.4. The van der Waals surface area contributed by atoms with Gasteiger partial charge in [0.05, 0.1) is 0 Å². The van der Waals surface area contributed by atoms with E-state index in [4.69, 9.17) is 0 Å². The van der Waals surface area contributed by atoms with Crippen LogP contribution in [0.4, 0.5) is 13.2 Å². The van der Waals surface area contributed by atoms with Gasteiger partial charge < -0.3 is 4.90 Å². The monoisotopic (exact) mass is 279 g/mol. The van der Waals surface area contributed by atoms with Gasteiger partial charge in [-0.05, 0) is 36.5 Å². The normalized spacial score (nSPS) is 20.2. The standard InChI is InChI=1S/C16H16F3N/c17-16(18,19)15(13-7-2-1-3-8-13)20-11-10-12-6-4-5-9-14(12)20/h1-3,5,7-9,15H,4,6,10-11H2. The van der Waals surface area contributed by atoms with Crippen LogP contribution in [-0.4, -0.2) is 17.6 Å². The Morgan fingerprint density at radius 1 is 1.05 bits per heavy atom. The summed E-state index contributed by atoms with van der Waals surface area (Å²) in [6.45, 7) is 0.452. The summed E-state index contributed by atoms with van der Waals surface area (Å²) in [4.78, 5) is 1.51. The third kappa shape index (κ3) is 2.35. The van der Waals surface area contributed by atoms with E-state index in [2.05, 4.69) is 0 Å². The Labute approximate surface area is 116 Å². The van der Waals surface area contributed by atoms with E-state index in [-0.39, 0.29) is 0 Å². The first-order chi connectivity index (χ1) is 9.57. The predicted molar refractivity (Wildman–Crippen MR) is 72.0 cm³/mol. The maximum absolute atomic E-state index is 13.5. The van der Waals surface area contributed by atoms with E-state index in [1.165, 1.54) is 4.90 Å². The summed E-state index contributed by atoms with van der Waals surface area (Å²) in [5, 5.41) is 0. The number of hydrogen-bond acceptors (Lipinski definition) is 1. The van der Waals surface area contributed by atoms with E-state index in [1.807, 2.05) is 12.2 Å². The van der Waals surface area contributed by atoms with Gasteiger partial charge in [0, 0.05) is 12.2 Å². The molecule has 106 valence electrons. The lowest BCUT2D eigenvalue weighted by atomic mass is 10.0. The molecule has 0 N–H and O–H groups in total. The van der Waals surface area contributed by atoms with Gasteiger partial charge in [0.1, 0.15) is 0 Å². The second-order valence-electron chi connectivity index (χ2n) is 5.23. The molecule has 1 heterocycles. The van der Waals surface area contributed by atoms with Crippen molar-refractivity contribution in [2.75, 3.05) is 6.54 Å². The average molecular weight is 279 g/mol. The van der Waals surface area contributed by atoms with E-state index in [9.17, 15) is 13.2 Å². The van der Waals surface area contributed by atoms with Crippen LogP contribution in [0.25, 0.3) is 0 Å². The van der Waals surface area contributed by atoms with Gasteiger partial charge in [0.25, 0.3) is 0 Å². The first-order valence-electron chi connectivity index (χ1n) is 6.84. The molecule has 0 radical (unpaired) electrons. The van der Waals surface area contributed by atoms with Gasteiger partial charge in [-0.15, -0.1) is 0 Å². The molecule has 2 aliphatic rings. The van der Waals surface area contributed by atoms with E-state index in [1.54, 1.807) is 30.3 Å². The molecular formula is C16H16F3N. The van der Waals surface area contributed by atoms with Crippen molar-refractivity contribution in [3.8, 4) is 0 Å². The van der Waals surface area contributed by atoms with Crippen molar-refractivity contribution in [1.82, 2.24) is 4.90 Å². The van der Waals surface area contributed by atoms with Crippen LogP contribution in [0, 0.1) is 0 Å². The number of hydrogen-bond donors (Lipinski definition) is 0. The molecule has 0 spiro atoms. The summed E-state index contributed by atoms with van der Waals surface area (Å²) < 4.78 is 40.6. The maximum Gasteiger partial charge on any atom is 0.412 e. The van der Waals surface area contributed by atoms with E-state index < -0.39 is 12.2 Å². The highest BCUT2D eigenvalue weighted by Crippen LogP contribution is 2.44. The average Bonchev–Trinajstić information content (AvgIpc) is 2.83. The second-order valence-corrected chi connectivity index (χ2v) is 5.23. The highest BCUT2D eigenvalue weighted by Gasteiger charge is 2.46. The van der Waals surface area contributed by atoms with Crippen LogP contribution in [0.3, 0.4) is 0 Å². The molecule has 1 nitrogen and oxygen atoms in total. The lowest BCUT2D eigenvalue weighted by Gasteiger charge is -2.33. The molecule has 1 aliphatic carbocycles. The van der Waals surface area contributed by atoms with Gasteiger partial charge in [0.15, 0.2) is 6.04 Å². The van der Waals surface area contributed by atoms with Crippen molar-refractivity contribution in [1.29, 1.82) is 0 Å². The summed E-state index contributed by atoms with van der Waals surface area (Å²) >= 11 is 0. The molecule has 0 amide bonds. The first kappa shape index (κ1) is 13.3. The molecule has 1 aliphatic heterocycles. The molecule has 0 fully saturated rings. The minimum Gasteiger partial charge on any atom is -0.356 e. The zero-order valence-electron chi connectivity index (χ0n) is 11.0. The molecule has 0 aromatic heterocycles. The van der Waals surface area contributed by atoms with Crippen molar-refractivity contribution < 1.29 is 13.2 Å². The third-order valence-electron chi connectivity index (χ3n) is 3.95. The minimum atomic E-state index is -4.27. The SMILES string of the molecule is FC(F)(F)C(c1ccccc1)N1CCC2=C1C=CCC2. The Hall–Kier alpha value is -1.71. The molecule has 1 aromatic rings. The Bertz CT molecular complexity index is 543. The van der Waals surface area contributed by atoms with Crippen LogP contribution in [0.2, 0.25) is 0 Å². The Kier molecular flexibility index (Phi) is 3.32. The van der Waals surface area contributed by atoms with Crippen molar-refractivity contribution >= 4 is 0 Å². The molecule has 0 bridgehead atoms. The Morgan fingerprint density at radius 2 is 1.80 bits per heavy atom. The zero-order valence-corrected chi connectivity index (χ0v) is 11.0.